The minimum absolute atomic E-state index is 0.299. The van der Waals surface area contributed by atoms with Gasteiger partial charge >= 0.3 is 6.18 Å². The summed E-state index contributed by atoms with van der Waals surface area (Å²) < 4.78 is 53.6. The first-order valence-corrected chi connectivity index (χ1v) is 7.19. The van der Waals surface area contributed by atoms with Crippen LogP contribution < -0.4 is 0 Å². The fraction of sp³-hybridized carbons (Fsp3) is 0.235. The highest BCUT2D eigenvalue weighted by atomic mass is 19.4. The van der Waals surface area contributed by atoms with Crippen LogP contribution in [0.25, 0.3) is 11.0 Å². The second kappa shape index (κ2) is 5.68. The van der Waals surface area contributed by atoms with E-state index in [9.17, 15) is 17.6 Å². The molecule has 3 rings (SSSR count). The summed E-state index contributed by atoms with van der Waals surface area (Å²) in [6, 6.07) is 10.2. The fourth-order valence-corrected chi connectivity index (χ4v) is 2.65. The van der Waals surface area contributed by atoms with E-state index < -0.39 is 11.9 Å². The summed E-state index contributed by atoms with van der Waals surface area (Å²) in [6.07, 6.45) is -3.82. The summed E-state index contributed by atoms with van der Waals surface area (Å²) in [6.45, 7) is 2.30. The first-order valence-electron chi connectivity index (χ1n) is 7.19. The molecular weight excluding hydrogens is 308 g/mol. The van der Waals surface area contributed by atoms with Crippen LogP contribution in [0.3, 0.4) is 0 Å². The van der Waals surface area contributed by atoms with Crippen molar-refractivity contribution >= 4 is 11.0 Å². The Morgan fingerprint density at radius 1 is 1.09 bits per heavy atom. The second-order valence-electron chi connectivity index (χ2n) is 5.30. The quantitative estimate of drug-likeness (QED) is 0.633. The molecule has 0 aliphatic heterocycles. The number of pyridine rings is 1. The third-order valence-electron chi connectivity index (χ3n) is 3.73. The van der Waals surface area contributed by atoms with Gasteiger partial charge in [-0.2, -0.15) is 13.2 Å². The van der Waals surface area contributed by atoms with Crippen molar-refractivity contribution in [1.82, 2.24) is 9.55 Å². The zero-order valence-electron chi connectivity index (χ0n) is 12.4. The zero-order valence-corrected chi connectivity index (χ0v) is 12.4. The minimum Gasteiger partial charge on any atom is -0.339 e. The second-order valence-corrected chi connectivity index (χ2v) is 5.30. The van der Waals surface area contributed by atoms with Crippen LogP contribution >= 0.6 is 0 Å². The Labute approximate surface area is 130 Å². The molecule has 3 aromatic rings. The third kappa shape index (κ3) is 3.06. The lowest BCUT2D eigenvalue weighted by molar-refractivity contribution is -0.140. The molecule has 2 nitrogen and oxygen atoms in total. The topological polar surface area (TPSA) is 17.8 Å². The number of hydrogen-bond acceptors (Lipinski definition) is 1. The summed E-state index contributed by atoms with van der Waals surface area (Å²) in [5, 5.41) is 0. The van der Waals surface area contributed by atoms with E-state index in [1.165, 1.54) is 18.2 Å². The lowest BCUT2D eigenvalue weighted by Gasteiger charge is -2.10. The Morgan fingerprint density at radius 2 is 1.87 bits per heavy atom. The highest BCUT2D eigenvalue weighted by molar-refractivity contribution is 5.77. The van der Waals surface area contributed by atoms with Crippen molar-refractivity contribution in [1.29, 1.82) is 0 Å². The average Bonchev–Trinajstić information content (AvgIpc) is 2.83. The van der Waals surface area contributed by atoms with Crippen LogP contribution in [0.4, 0.5) is 17.6 Å². The molecule has 120 valence electrons. The number of aromatic nitrogens is 2. The van der Waals surface area contributed by atoms with Crippen LogP contribution in [0.5, 0.6) is 0 Å². The van der Waals surface area contributed by atoms with Gasteiger partial charge in [0.05, 0.1) is 11.0 Å². The molecule has 0 spiro atoms. The third-order valence-corrected chi connectivity index (χ3v) is 3.73. The Hall–Kier alpha value is -2.37. The summed E-state index contributed by atoms with van der Waals surface area (Å²) in [5.74, 6) is -0.338. The Morgan fingerprint density at radius 3 is 2.52 bits per heavy atom. The molecule has 2 heterocycles. The molecule has 0 unspecified atom stereocenters. The standard InChI is InChI=1S/C17H14F4N2/c1-2-13-9-14-15(6-7-16(22-14)17(19,20)21)23(13)10-11-4-3-5-12(18)8-11/h3-9H,2,10H2,1H3. The van der Waals surface area contributed by atoms with Gasteiger partial charge in [-0.05, 0) is 42.3 Å². The van der Waals surface area contributed by atoms with E-state index in [1.807, 2.05) is 11.5 Å². The van der Waals surface area contributed by atoms with Crippen LogP contribution in [0.2, 0.25) is 0 Å². The Balaban J connectivity index is 2.08. The molecule has 2 aromatic heterocycles. The summed E-state index contributed by atoms with van der Waals surface area (Å²) in [4.78, 5) is 3.72. The van der Waals surface area contributed by atoms with Crippen molar-refractivity contribution in [3.63, 3.8) is 0 Å². The maximum absolute atomic E-state index is 13.3. The predicted molar refractivity (Wildman–Crippen MR) is 79.6 cm³/mol. The highest BCUT2D eigenvalue weighted by Crippen LogP contribution is 2.30. The smallest absolute Gasteiger partial charge is 0.339 e. The maximum atomic E-state index is 13.3. The van der Waals surface area contributed by atoms with Crippen LogP contribution in [0.15, 0.2) is 42.5 Å². The Bertz CT molecular complexity index is 849. The van der Waals surface area contributed by atoms with Gasteiger partial charge in [-0.15, -0.1) is 0 Å². The molecular formula is C17H14F4N2. The molecule has 0 radical (unpaired) electrons. The first-order chi connectivity index (χ1) is 10.9. The van der Waals surface area contributed by atoms with E-state index >= 15 is 0 Å². The Kier molecular flexibility index (Phi) is 3.83. The summed E-state index contributed by atoms with van der Waals surface area (Å²) >= 11 is 0. The van der Waals surface area contributed by atoms with Crippen molar-refractivity contribution in [2.45, 2.75) is 26.1 Å². The predicted octanol–water partition coefficient (Wildman–Crippen LogP) is 4.80. The number of fused-ring (bicyclic) bond motifs is 1. The number of halogens is 4. The van der Waals surface area contributed by atoms with Gasteiger partial charge in [0.1, 0.15) is 11.5 Å². The molecule has 0 atom stereocenters. The van der Waals surface area contributed by atoms with E-state index in [-0.39, 0.29) is 5.82 Å². The van der Waals surface area contributed by atoms with Gasteiger partial charge in [-0.1, -0.05) is 19.1 Å². The monoisotopic (exact) mass is 322 g/mol. The van der Waals surface area contributed by atoms with Crippen LogP contribution in [0.1, 0.15) is 23.9 Å². The van der Waals surface area contributed by atoms with Crippen molar-refractivity contribution in [2.24, 2.45) is 0 Å². The first kappa shape index (κ1) is 15.5. The number of alkyl halides is 3. The molecule has 23 heavy (non-hydrogen) atoms. The highest BCUT2D eigenvalue weighted by Gasteiger charge is 2.32. The van der Waals surface area contributed by atoms with Gasteiger partial charge in [-0.25, -0.2) is 9.37 Å². The molecule has 0 bridgehead atoms. The van der Waals surface area contributed by atoms with E-state index in [4.69, 9.17) is 0 Å². The van der Waals surface area contributed by atoms with Crippen molar-refractivity contribution < 1.29 is 17.6 Å². The van der Waals surface area contributed by atoms with Gasteiger partial charge in [0.2, 0.25) is 0 Å². The van der Waals surface area contributed by atoms with Crippen LogP contribution in [-0.4, -0.2) is 9.55 Å². The average molecular weight is 322 g/mol. The molecule has 0 amide bonds. The molecule has 0 saturated heterocycles. The van der Waals surface area contributed by atoms with Crippen molar-refractivity contribution in [3.05, 3.63) is 65.2 Å². The lowest BCUT2D eigenvalue weighted by atomic mass is 10.2. The normalized spacial score (nSPS) is 12.0. The van der Waals surface area contributed by atoms with Crippen LogP contribution in [0, 0.1) is 5.82 Å². The number of benzene rings is 1. The van der Waals surface area contributed by atoms with Crippen molar-refractivity contribution in [3.8, 4) is 0 Å². The zero-order chi connectivity index (χ0) is 16.6. The van der Waals surface area contributed by atoms with Gasteiger partial charge in [0.15, 0.2) is 0 Å². The maximum Gasteiger partial charge on any atom is 0.433 e. The van der Waals surface area contributed by atoms with E-state index in [0.717, 1.165) is 17.3 Å². The van der Waals surface area contributed by atoms with E-state index in [2.05, 4.69) is 4.98 Å². The molecule has 0 N–H and O–H groups in total. The van der Waals surface area contributed by atoms with E-state index in [0.29, 0.717) is 24.0 Å². The summed E-state index contributed by atoms with van der Waals surface area (Å²) in [7, 11) is 0. The molecule has 0 saturated carbocycles. The molecule has 1 aromatic carbocycles. The SMILES string of the molecule is CCc1cc2nc(C(F)(F)F)ccc2n1Cc1cccc(F)c1. The molecule has 0 aliphatic carbocycles. The van der Waals surface area contributed by atoms with E-state index in [1.54, 1.807) is 18.2 Å². The van der Waals surface area contributed by atoms with Gasteiger partial charge in [-0.3, -0.25) is 0 Å². The molecule has 0 aliphatic rings. The lowest BCUT2D eigenvalue weighted by Crippen LogP contribution is -2.08. The number of nitrogens with zero attached hydrogens (tertiary/aromatic N) is 2. The fourth-order valence-electron chi connectivity index (χ4n) is 2.65. The number of aryl methyl sites for hydroxylation is 1. The number of hydrogen-bond donors (Lipinski definition) is 0. The van der Waals surface area contributed by atoms with Gasteiger partial charge in [0.25, 0.3) is 0 Å². The largest absolute Gasteiger partial charge is 0.433 e. The van der Waals surface area contributed by atoms with Crippen molar-refractivity contribution in [2.75, 3.05) is 0 Å². The number of rotatable bonds is 3. The van der Waals surface area contributed by atoms with Gasteiger partial charge in [0, 0.05) is 12.2 Å². The van der Waals surface area contributed by atoms with Crippen LogP contribution in [-0.2, 0) is 19.1 Å². The van der Waals surface area contributed by atoms with Gasteiger partial charge < -0.3 is 4.57 Å². The molecule has 0 fully saturated rings. The minimum atomic E-state index is -4.47. The summed E-state index contributed by atoms with van der Waals surface area (Å²) in [5.41, 5.74) is 1.61. The molecule has 6 heteroatoms.